The lowest BCUT2D eigenvalue weighted by Gasteiger charge is -2.24. The number of amides is 1. The van der Waals surface area contributed by atoms with Crippen molar-refractivity contribution in [2.75, 3.05) is 11.5 Å². The van der Waals surface area contributed by atoms with Gasteiger partial charge in [-0.1, -0.05) is 60.7 Å². The highest BCUT2D eigenvalue weighted by molar-refractivity contribution is 5.91. The van der Waals surface area contributed by atoms with Crippen molar-refractivity contribution in [1.29, 1.82) is 0 Å². The van der Waals surface area contributed by atoms with Crippen LogP contribution in [0.25, 0.3) is 0 Å². The van der Waals surface area contributed by atoms with Gasteiger partial charge in [-0.25, -0.2) is 4.79 Å². The number of hydrogen-bond acceptors (Lipinski definition) is 4. The minimum absolute atomic E-state index is 0.244. The van der Waals surface area contributed by atoms with Gasteiger partial charge >= 0.3 is 6.09 Å². The van der Waals surface area contributed by atoms with Crippen molar-refractivity contribution in [2.45, 2.75) is 18.8 Å². The third-order valence-electron chi connectivity index (χ3n) is 4.76. The van der Waals surface area contributed by atoms with E-state index in [2.05, 4.69) is 0 Å². The zero-order valence-corrected chi connectivity index (χ0v) is 15.3. The summed E-state index contributed by atoms with van der Waals surface area (Å²) in [6.07, 6.45) is -1.08. The van der Waals surface area contributed by atoms with Crippen molar-refractivity contribution >= 4 is 11.8 Å². The second-order valence-electron chi connectivity index (χ2n) is 6.60. The minimum atomic E-state index is -0.621. The number of carbonyl (C=O) groups excluding carboxylic acids is 1. The Kier molecular flexibility index (Phi) is 5.26. The Morgan fingerprint density at radius 1 is 0.893 bits per heavy atom. The fourth-order valence-corrected chi connectivity index (χ4v) is 3.39. The van der Waals surface area contributed by atoms with Gasteiger partial charge in [0.2, 0.25) is 0 Å². The van der Waals surface area contributed by atoms with Crippen molar-refractivity contribution in [3.05, 3.63) is 96.1 Å². The Morgan fingerprint density at radius 2 is 1.54 bits per heavy atom. The van der Waals surface area contributed by atoms with Crippen LogP contribution in [0.2, 0.25) is 0 Å². The standard InChI is InChI=1S/C23H21NO4/c25-15-21-22(24(23(26)28-21)19-9-5-2-6-10-19)18-11-13-20(14-12-18)27-16-17-7-3-1-4-8-17/h1-14,21-22,25H,15-16H2/t21-,22-/m1/s1. The van der Waals surface area contributed by atoms with E-state index < -0.39 is 18.2 Å². The summed E-state index contributed by atoms with van der Waals surface area (Å²) in [5, 5.41) is 9.72. The highest BCUT2D eigenvalue weighted by atomic mass is 16.6. The van der Waals surface area contributed by atoms with Crippen molar-refractivity contribution in [2.24, 2.45) is 0 Å². The molecule has 0 saturated carbocycles. The van der Waals surface area contributed by atoms with E-state index in [1.54, 1.807) is 4.90 Å². The Morgan fingerprint density at radius 3 is 2.18 bits per heavy atom. The van der Waals surface area contributed by atoms with E-state index in [1.165, 1.54) is 0 Å². The third-order valence-corrected chi connectivity index (χ3v) is 4.76. The molecule has 1 heterocycles. The first kappa shape index (κ1) is 18.1. The maximum absolute atomic E-state index is 12.4. The van der Waals surface area contributed by atoms with Crippen LogP contribution in [0.5, 0.6) is 5.75 Å². The molecule has 0 spiro atoms. The van der Waals surface area contributed by atoms with Gasteiger partial charge in [0, 0.05) is 5.69 Å². The number of benzene rings is 3. The van der Waals surface area contributed by atoms with Gasteiger partial charge in [-0.15, -0.1) is 0 Å². The van der Waals surface area contributed by atoms with Crippen LogP contribution in [-0.2, 0) is 11.3 Å². The number of anilines is 1. The number of carbonyl (C=O) groups is 1. The van der Waals surface area contributed by atoms with E-state index in [4.69, 9.17) is 9.47 Å². The van der Waals surface area contributed by atoms with Gasteiger partial charge < -0.3 is 14.6 Å². The van der Waals surface area contributed by atoms with Gasteiger partial charge in [0.15, 0.2) is 6.10 Å². The van der Waals surface area contributed by atoms with E-state index in [1.807, 2.05) is 84.9 Å². The monoisotopic (exact) mass is 375 g/mol. The van der Waals surface area contributed by atoms with Gasteiger partial charge in [0.05, 0.1) is 6.61 Å². The fourth-order valence-electron chi connectivity index (χ4n) is 3.39. The summed E-state index contributed by atoms with van der Waals surface area (Å²) >= 11 is 0. The molecular formula is C23H21NO4. The van der Waals surface area contributed by atoms with Gasteiger partial charge in [0.1, 0.15) is 18.4 Å². The summed E-state index contributed by atoms with van der Waals surface area (Å²) < 4.78 is 11.2. The number of para-hydroxylation sites is 1. The molecule has 28 heavy (non-hydrogen) atoms. The molecule has 3 aromatic rings. The fraction of sp³-hybridized carbons (Fsp3) is 0.174. The van der Waals surface area contributed by atoms with E-state index in [0.717, 1.165) is 22.6 Å². The molecule has 1 aliphatic heterocycles. The molecule has 0 bridgehead atoms. The molecule has 0 aromatic heterocycles. The lowest BCUT2D eigenvalue weighted by molar-refractivity contribution is 0.0829. The SMILES string of the molecule is O=C1O[C@H](CO)[C@@H](c2ccc(OCc3ccccc3)cc2)N1c1ccccc1. The second-order valence-corrected chi connectivity index (χ2v) is 6.60. The van der Waals surface area contributed by atoms with Gasteiger partial charge in [-0.05, 0) is 35.4 Å². The Hall–Kier alpha value is -3.31. The highest BCUT2D eigenvalue weighted by Crippen LogP contribution is 2.37. The maximum Gasteiger partial charge on any atom is 0.415 e. The molecule has 4 rings (SSSR count). The number of rotatable bonds is 6. The van der Waals surface area contributed by atoms with Crippen LogP contribution in [0.4, 0.5) is 10.5 Å². The predicted molar refractivity (Wildman–Crippen MR) is 106 cm³/mol. The van der Waals surface area contributed by atoms with Crippen LogP contribution in [0.3, 0.4) is 0 Å². The number of nitrogens with zero attached hydrogens (tertiary/aromatic N) is 1. The zero-order chi connectivity index (χ0) is 19.3. The van der Waals surface area contributed by atoms with Crippen molar-refractivity contribution in [3.63, 3.8) is 0 Å². The Labute approximate surface area is 163 Å². The van der Waals surface area contributed by atoms with Crippen LogP contribution in [-0.4, -0.2) is 23.9 Å². The van der Waals surface area contributed by atoms with Crippen molar-refractivity contribution in [1.82, 2.24) is 0 Å². The third kappa shape index (κ3) is 3.70. The smallest absolute Gasteiger partial charge is 0.415 e. The van der Waals surface area contributed by atoms with E-state index in [0.29, 0.717) is 6.61 Å². The summed E-state index contributed by atoms with van der Waals surface area (Å²) in [6.45, 7) is 0.243. The minimum Gasteiger partial charge on any atom is -0.489 e. The first-order valence-electron chi connectivity index (χ1n) is 9.18. The summed E-state index contributed by atoms with van der Waals surface area (Å²) in [7, 11) is 0. The summed E-state index contributed by atoms with van der Waals surface area (Å²) in [4.78, 5) is 14.0. The molecule has 5 heteroatoms. The lowest BCUT2D eigenvalue weighted by atomic mass is 10.0. The summed E-state index contributed by atoms with van der Waals surface area (Å²) in [6, 6.07) is 26.5. The molecule has 1 fully saturated rings. The molecule has 1 saturated heterocycles. The van der Waals surface area contributed by atoms with Crippen LogP contribution in [0.15, 0.2) is 84.9 Å². The first-order valence-corrected chi connectivity index (χ1v) is 9.18. The molecule has 0 unspecified atom stereocenters. The number of aliphatic hydroxyl groups is 1. The average Bonchev–Trinajstić information content (AvgIpc) is 3.10. The van der Waals surface area contributed by atoms with Crippen molar-refractivity contribution < 1.29 is 19.4 Å². The van der Waals surface area contributed by atoms with Crippen LogP contribution >= 0.6 is 0 Å². The molecule has 1 aliphatic rings. The molecular weight excluding hydrogens is 354 g/mol. The van der Waals surface area contributed by atoms with E-state index in [9.17, 15) is 9.90 Å². The molecule has 0 radical (unpaired) electrons. The number of cyclic esters (lactones) is 1. The van der Waals surface area contributed by atoms with Gasteiger partial charge in [-0.2, -0.15) is 0 Å². The number of ether oxygens (including phenoxy) is 2. The Balaban J connectivity index is 1.54. The Bertz CT molecular complexity index is 912. The molecule has 3 aromatic carbocycles. The lowest BCUT2D eigenvalue weighted by Crippen LogP contribution is -2.30. The largest absolute Gasteiger partial charge is 0.489 e. The van der Waals surface area contributed by atoms with Crippen LogP contribution in [0, 0.1) is 0 Å². The van der Waals surface area contributed by atoms with E-state index >= 15 is 0 Å². The normalized spacial score (nSPS) is 18.8. The predicted octanol–water partition coefficient (Wildman–Crippen LogP) is 4.32. The number of aliphatic hydroxyl groups excluding tert-OH is 1. The summed E-state index contributed by atoms with van der Waals surface area (Å²) in [5.41, 5.74) is 2.70. The van der Waals surface area contributed by atoms with Gasteiger partial charge in [-0.3, -0.25) is 4.90 Å². The molecule has 5 nitrogen and oxygen atoms in total. The highest BCUT2D eigenvalue weighted by Gasteiger charge is 2.43. The topological polar surface area (TPSA) is 59.0 Å². The van der Waals surface area contributed by atoms with E-state index in [-0.39, 0.29) is 6.61 Å². The van der Waals surface area contributed by atoms with Gasteiger partial charge in [0.25, 0.3) is 0 Å². The molecule has 142 valence electrons. The van der Waals surface area contributed by atoms with Crippen LogP contribution < -0.4 is 9.64 Å². The average molecular weight is 375 g/mol. The van der Waals surface area contributed by atoms with Crippen LogP contribution in [0.1, 0.15) is 17.2 Å². The maximum atomic E-state index is 12.4. The van der Waals surface area contributed by atoms with Crippen molar-refractivity contribution in [3.8, 4) is 5.75 Å². The first-order chi connectivity index (χ1) is 13.8. The zero-order valence-electron chi connectivity index (χ0n) is 15.3. The molecule has 0 aliphatic carbocycles. The molecule has 2 atom stereocenters. The quantitative estimate of drug-likeness (QED) is 0.697. The summed E-state index contributed by atoms with van der Waals surface area (Å²) in [5.74, 6) is 0.740. The number of hydrogen-bond donors (Lipinski definition) is 1. The molecule has 1 amide bonds. The second kappa shape index (κ2) is 8.15. The molecule has 1 N–H and O–H groups in total.